The maximum Gasteiger partial charge on any atom is 0.213 e. The second-order valence-electron chi connectivity index (χ2n) is 4.19. The average molecular weight is 251 g/mol. The molecule has 0 heterocycles. The van der Waals surface area contributed by atoms with E-state index < -0.39 is 15.6 Å². The van der Waals surface area contributed by atoms with Crippen molar-refractivity contribution in [3.8, 4) is 6.07 Å². The standard InChI is InChI=1S/C9H15ClN2O2S/c1-8(5-10)6-15(13,14)12-9(7-11)3-2-4-9/h8,12H,2-6H2,1H3. The molecule has 1 N–H and O–H groups in total. The largest absolute Gasteiger partial charge is 0.213 e. The molecule has 6 heteroatoms. The summed E-state index contributed by atoms with van der Waals surface area (Å²) in [7, 11) is -3.38. The molecule has 0 saturated heterocycles. The Labute approximate surface area is 95.7 Å². The fourth-order valence-corrected chi connectivity index (χ4v) is 3.56. The van der Waals surface area contributed by atoms with Crippen molar-refractivity contribution in [2.45, 2.75) is 31.7 Å². The van der Waals surface area contributed by atoms with Gasteiger partial charge in [0.15, 0.2) is 0 Å². The number of nitriles is 1. The third kappa shape index (κ3) is 3.33. The number of nitrogens with one attached hydrogen (secondary N) is 1. The van der Waals surface area contributed by atoms with E-state index in [0.717, 1.165) is 6.42 Å². The Morgan fingerprint density at radius 3 is 2.53 bits per heavy atom. The Kier molecular flexibility index (Phi) is 3.99. The predicted molar refractivity (Wildman–Crippen MR) is 59.0 cm³/mol. The Morgan fingerprint density at radius 1 is 1.60 bits per heavy atom. The van der Waals surface area contributed by atoms with Crippen LogP contribution in [0.2, 0.25) is 0 Å². The second kappa shape index (κ2) is 4.69. The van der Waals surface area contributed by atoms with Crippen molar-refractivity contribution in [2.24, 2.45) is 5.92 Å². The van der Waals surface area contributed by atoms with E-state index in [1.165, 1.54) is 0 Å². The van der Waals surface area contributed by atoms with Crippen molar-refractivity contribution >= 4 is 21.6 Å². The smallest absolute Gasteiger partial charge is 0.212 e. The Hall–Kier alpha value is -0.310. The minimum absolute atomic E-state index is 0.0140. The first-order valence-corrected chi connectivity index (χ1v) is 7.10. The molecule has 0 amide bonds. The van der Waals surface area contributed by atoms with Gasteiger partial charge in [0.05, 0.1) is 11.8 Å². The summed E-state index contributed by atoms with van der Waals surface area (Å²) in [5.41, 5.74) is -0.842. The monoisotopic (exact) mass is 250 g/mol. The Morgan fingerprint density at radius 2 is 2.20 bits per heavy atom. The van der Waals surface area contributed by atoms with E-state index in [1.807, 2.05) is 6.07 Å². The van der Waals surface area contributed by atoms with Crippen LogP contribution in [0.1, 0.15) is 26.2 Å². The van der Waals surface area contributed by atoms with Crippen LogP contribution < -0.4 is 4.72 Å². The quantitative estimate of drug-likeness (QED) is 0.746. The van der Waals surface area contributed by atoms with Gasteiger partial charge in [0, 0.05) is 5.88 Å². The van der Waals surface area contributed by atoms with E-state index in [4.69, 9.17) is 16.9 Å². The van der Waals surface area contributed by atoms with E-state index in [0.29, 0.717) is 18.7 Å². The highest BCUT2D eigenvalue weighted by Crippen LogP contribution is 2.31. The first-order valence-electron chi connectivity index (χ1n) is 4.92. The number of hydrogen-bond acceptors (Lipinski definition) is 3. The third-order valence-corrected chi connectivity index (χ3v) is 4.78. The number of rotatable bonds is 5. The van der Waals surface area contributed by atoms with Gasteiger partial charge in [0.2, 0.25) is 10.0 Å². The van der Waals surface area contributed by atoms with E-state index >= 15 is 0 Å². The highest BCUT2D eigenvalue weighted by Gasteiger charge is 2.40. The van der Waals surface area contributed by atoms with Crippen LogP contribution in [0.5, 0.6) is 0 Å². The summed E-state index contributed by atoms with van der Waals surface area (Å²) in [6, 6.07) is 2.04. The van der Waals surface area contributed by atoms with Gasteiger partial charge >= 0.3 is 0 Å². The molecule has 0 aliphatic heterocycles. The summed E-state index contributed by atoms with van der Waals surface area (Å²) in [4.78, 5) is 0. The summed E-state index contributed by atoms with van der Waals surface area (Å²) in [5.74, 6) is 0.195. The maximum absolute atomic E-state index is 11.6. The van der Waals surface area contributed by atoms with Gasteiger partial charge in [-0.05, 0) is 25.2 Å². The fraction of sp³-hybridized carbons (Fsp3) is 0.889. The molecule has 0 spiro atoms. The molecule has 86 valence electrons. The van der Waals surface area contributed by atoms with Crippen LogP contribution in [-0.2, 0) is 10.0 Å². The summed E-state index contributed by atoms with van der Waals surface area (Å²) >= 11 is 5.55. The van der Waals surface area contributed by atoms with Crippen molar-refractivity contribution in [2.75, 3.05) is 11.6 Å². The number of halogens is 1. The lowest BCUT2D eigenvalue weighted by Crippen LogP contribution is -2.53. The van der Waals surface area contributed by atoms with Crippen LogP contribution in [0.25, 0.3) is 0 Å². The second-order valence-corrected chi connectivity index (χ2v) is 6.27. The van der Waals surface area contributed by atoms with Crippen molar-refractivity contribution < 1.29 is 8.42 Å². The topological polar surface area (TPSA) is 70.0 Å². The normalized spacial score (nSPS) is 21.4. The first-order chi connectivity index (χ1) is 6.93. The average Bonchev–Trinajstić information content (AvgIpc) is 2.10. The summed E-state index contributed by atoms with van der Waals surface area (Å²) in [6.07, 6.45) is 2.12. The van der Waals surface area contributed by atoms with Crippen LogP contribution in [0, 0.1) is 17.2 Å². The summed E-state index contributed by atoms with van der Waals surface area (Å²) < 4.78 is 25.8. The van der Waals surface area contributed by atoms with Crippen LogP contribution in [0.15, 0.2) is 0 Å². The fourth-order valence-electron chi connectivity index (χ4n) is 1.53. The molecule has 0 aromatic carbocycles. The molecular weight excluding hydrogens is 236 g/mol. The first kappa shape index (κ1) is 12.8. The van der Waals surface area contributed by atoms with Gasteiger partial charge in [-0.2, -0.15) is 9.98 Å². The molecule has 0 radical (unpaired) electrons. The molecule has 1 unspecified atom stereocenters. The van der Waals surface area contributed by atoms with E-state index in [9.17, 15) is 8.42 Å². The Balaban J connectivity index is 2.61. The van der Waals surface area contributed by atoms with Crippen LogP contribution in [0.4, 0.5) is 0 Å². The predicted octanol–water partition coefficient (Wildman–Crippen LogP) is 1.23. The van der Waals surface area contributed by atoms with Crippen molar-refractivity contribution in [1.29, 1.82) is 5.26 Å². The molecule has 1 atom stereocenters. The number of nitrogens with zero attached hydrogens (tertiary/aromatic N) is 1. The van der Waals surface area contributed by atoms with Crippen LogP contribution >= 0.6 is 11.6 Å². The van der Waals surface area contributed by atoms with Gasteiger partial charge in [0.1, 0.15) is 5.54 Å². The molecular formula is C9H15ClN2O2S. The summed E-state index contributed by atoms with van der Waals surface area (Å²) in [5, 5.41) is 8.89. The zero-order chi connectivity index (χ0) is 11.5. The van der Waals surface area contributed by atoms with Crippen molar-refractivity contribution in [1.82, 2.24) is 4.72 Å². The van der Waals surface area contributed by atoms with Gasteiger partial charge in [0.25, 0.3) is 0 Å². The number of alkyl halides is 1. The molecule has 4 nitrogen and oxygen atoms in total. The van der Waals surface area contributed by atoms with Crippen molar-refractivity contribution in [3.05, 3.63) is 0 Å². The highest BCUT2D eigenvalue weighted by atomic mass is 35.5. The molecule has 0 bridgehead atoms. The van der Waals surface area contributed by atoms with Crippen LogP contribution in [0.3, 0.4) is 0 Å². The third-order valence-electron chi connectivity index (χ3n) is 2.54. The van der Waals surface area contributed by atoms with E-state index in [1.54, 1.807) is 6.92 Å². The zero-order valence-electron chi connectivity index (χ0n) is 8.66. The van der Waals surface area contributed by atoms with Crippen LogP contribution in [-0.4, -0.2) is 25.6 Å². The molecule has 1 aliphatic rings. The molecule has 1 saturated carbocycles. The van der Waals surface area contributed by atoms with Crippen molar-refractivity contribution in [3.63, 3.8) is 0 Å². The SMILES string of the molecule is CC(CCl)CS(=O)(=O)NC1(C#N)CCC1. The zero-order valence-corrected chi connectivity index (χ0v) is 10.2. The van der Waals surface area contributed by atoms with Gasteiger partial charge in [-0.3, -0.25) is 0 Å². The molecule has 0 aromatic heterocycles. The molecule has 1 rings (SSSR count). The van der Waals surface area contributed by atoms with Gasteiger partial charge in [-0.15, -0.1) is 11.6 Å². The molecule has 15 heavy (non-hydrogen) atoms. The number of sulfonamides is 1. The minimum atomic E-state index is -3.38. The summed E-state index contributed by atoms with van der Waals surface area (Å²) in [6.45, 7) is 1.77. The molecule has 0 aromatic rings. The Bertz CT molecular complexity index is 357. The van der Waals surface area contributed by atoms with E-state index in [-0.39, 0.29) is 11.7 Å². The lowest BCUT2D eigenvalue weighted by molar-refractivity contribution is 0.296. The maximum atomic E-state index is 11.6. The lowest BCUT2D eigenvalue weighted by atomic mass is 9.79. The molecule has 1 fully saturated rings. The molecule has 1 aliphatic carbocycles. The van der Waals surface area contributed by atoms with E-state index in [2.05, 4.69) is 4.72 Å². The number of hydrogen-bond donors (Lipinski definition) is 1. The van der Waals surface area contributed by atoms with Gasteiger partial charge in [-0.25, -0.2) is 8.42 Å². The van der Waals surface area contributed by atoms with Gasteiger partial charge in [-0.1, -0.05) is 6.92 Å². The minimum Gasteiger partial charge on any atom is -0.212 e. The highest BCUT2D eigenvalue weighted by molar-refractivity contribution is 7.89. The lowest BCUT2D eigenvalue weighted by Gasteiger charge is -2.35. The van der Waals surface area contributed by atoms with Gasteiger partial charge < -0.3 is 0 Å².